The van der Waals surface area contributed by atoms with E-state index in [1.807, 2.05) is 0 Å². The molecule has 0 saturated carbocycles. The van der Waals surface area contributed by atoms with Gasteiger partial charge >= 0.3 is 6.03 Å². The van der Waals surface area contributed by atoms with Gasteiger partial charge in [0.1, 0.15) is 0 Å². The Morgan fingerprint density at radius 3 is 2.72 bits per heavy atom. The lowest BCUT2D eigenvalue weighted by molar-refractivity contribution is -0.114. The van der Waals surface area contributed by atoms with Crippen molar-refractivity contribution in [3.63, 3.8) is 0 Å². The van der Waals surface area contributed by atoms with E-state index >= 15 is 0 Å². The zero-order valence-corrected chi connectivity index (χ0v) is 14.8. The van der Waals surface area contributed by atoms with Gasteiger partial charge in [-0.25, -0.2) is 4.79 Å². The van der Waals surface area contributed by atoms with E-state index in [0.717, 1.165) is 25.9 Å². The summed E-state index contributed by atoms with van der Waals surface area (Å²) in [5.74, 6) is -0.152. The highest BCUT2D eigenvalue weighted by Crippen LogP contribution is 2.17. The summed E-state index contributed by atoms with van der Waals surface area (Å²) >= 11 is 0. The normalized spacial score (nSPS) is 17.8. The molecule has 25 heavy (non-hydrogen) atoms. The van der Waals surface area contributed by atoms with Gasteiger partial charge in [-0.15, -0.1) is 0 Å². The molecule has 1 atom stereocenters. The molecule has 0 bridgehead atoms. The van der Waals surface area contributed by atoms with Crippen molar-refractivity contribution in [3.05, 3.63) is 24.3 Å². The Morgan fingerprint density at radius 2 is 2.00 bits per heavy atom. The Hall–Kier alpha value is -2.12. The number of carbonyl (C=O) groups is 2. The van der Waals surface area contributed by atoms with Crippen molar-refractivity contribution >= 4 is 23.3 Å². The van der Waals surface area contributed by atoms with Crippen LogP contribution in [0, 0.1) is 0 Å². The van der Waals surface area contributed by atoms with Gasteiger partial charge in [-0.3, -0.25) is 9.69 Å². The number of nitrogens with one attached hydrogen (secondary N) is 3. The smallest absolute Gasteiger partial charge is 0.319 e. The lowest BCUT2D eigenvalue weighted by Gasteiger charge is -2.34. The minimum absolute atomic E-state index is 0.152. The number of aliphatic hydroxyl groups is 1. The van der Waals surface area contributed by atoms with Crippen LogP contribution in [0.3, 0.4) is 0 Å². The summed E-state index contributed by atoms with van der Waals surface area (Å²) in [7, 11) is 0. The van der Waals surface area contributed by atoms with Gasteiger partial charge in [-0.2, -0.15) is 0 Å². The second-order valence-corrected chi connectivity index (χ2v) is 6.36. The second kappa shape index (κ2) is 10.0. The molecule has 0 spiro atoms. The SMILES string of the molecule is CC(=O)Nc1cccc(NC(=O)NCCCN2CCCC[C@H]2CO)c1. The van der Waals surface area contributed by atoms with Crippen LogP contribution in [-0.2, 0) is 4.79 Å². The summed E-state index contributed by atoms with van der Waals surface area (Å²) < 4.78 is 0. The van der Waals surface area contributed by atoms with Crippen LogP contribution in [0.1, 0.15) is 32.6 Å². The lowest BCUT2D eigenvalue weighted by Crippen LogP contribution is -2.43. The molecule has 0 radical (unpaired) electrons. The Kier molecular flexibility index (Phi) is 7.69. The average molecular weight is 348 g/mol. The van der Waals surface area contributed by atoms with E-state index in [9.17, 15) is 14.7 Å². The highest BCUT2D eigenvalue weighted by molar-refractivity contribution is 5.92. The minimum atomic E-state index is -0.266. The van der Waals surface area contributed by atoms with Gasteiger partial charge in [-0.05, 0) is 44.0 Å². The summed E-state index contributed by atoms with van der Waals surface area (Å²) in [5, 5.41) is 17.7. The third-order valence-electron chi connectivity index (χ3n) is 4.31. The van der Waals surface area contributed by atoms with Crippen molar-refractivity contribution in [2.24, 2.45) is 0 Å². The summed E-state index contributed by atoms with van der Waals surface area (Å²) in [6.07, 6.45) is 4.25. The van der Waals surface area contributed by atoms with Gasteiger partial charge in [-0.1, -0.05) is 12.5 Å². The van der Waals surface area contributed by atoms with Gasteiger partial charge in [0.15, 0.2) is 0 Å². The molecule has 3 amide bonds. The fourth-order valence-corrected chi connectivity index (χ4v) is 3.10. The molecule has 7 nitrogen and oxygen atoms in total. The molecule has 1 aliphatic heterocycles. The number of hydrogen-bond donors (Lipinski definition) is 4. The Labute approximate surface area is 148 Å². The first-order chi connectivity index (χ1) is 12.1. The molecule has 1 aromatic rings. The monoisotopic (exact) mass is 348 g/mol. The van der Waals surface area contributed by atoms with Crippen molar-refractivity contribution in [3.8, 4) is 0 Å². The van der Waals surface area contributed by atoms with Crippen LogP contribution in [0.5, 0.6) is 0 Å². The fraction of sp³-hybridized carbons (Fsp3) is 0.556. The zero-order chi connectivity index (χ0) is 18.1. The zero-order valence-electron chi connectivity index (χ0n) is 14.8. The molecule has 1 fully saturated rings. The van der Waals surface area contributed by atoms with Crippen molar-refractivity contribution < 1.29 is 14.7 Å². The van der Waals surface area contributed by atoms with Crippen molar-refractivity contribution in [2.75, 3.05) is 36.9 Å². The predicted molar refractivity (Wildman–Crippen MR) is 98.7 cm³/mol. The number of nitrogens with zero attached hydrogens (tertiary/aromatic N) is 1. The molecular formula is C18H28N4O3. The largest absolute Gasteiger partial charge is 0.395 e. The highest BCUT2D eigenvalue weighted by Gasteiger charge is 2.20. The molecule has 1 saturated heterocycles. The molecule has 138 valence electrons. The summed E-state index contributed by atoms with van der Waals surface area (Å²) in [4.78, 5) is 25.3. The number of hydrogen-bond acceptors (Lipinski definition) is 4. The number of benzene rings is 1. The number of aliphatic hydroxyl groups excluding tert-OH is 1. The van der Waals surface area contributed by atoms with Gasteiger partial charge in [0.25, 0.3) is 0 Å². The van der Waals surface area contributed by atoms with E-state index < -0.39 is 0 Å². The molecule has 1 aliphatic rings. The third kappa shape index (κ3) is 6.72. The maximum atomic E-state index is 12.0. The van der Waals surface area contributed by atoms with E-state index in [1.54, 1.807) is 24.3 Å². The molecule has 0 aliphatic carbocycles. The number of likely N-dealkylation sites (tertiary alicyclic amines) is 1. The number of rotatable bonds is 7. The number of amides is 3. The topological polar surface area (TPSA) is 93.7 Å². The minimum Gasteiger partial charge on any atom is -0.395 e. The summed E-state index contributed by atoms with van der Waals surface area (Å²) in [6.45, 7) is 4.12. The van der Waals surface area contributed by atoms with Crippen molar-refractivity contribution in [1.82, 2.24) is 10.2 Å². The average Bonchev–Trinajstić information content (AvgIpc) is 2.59. The van der Waals surface area contributed by atoms with Crippen LogP contribution in [0.4, 0.5) is 16.2 Å². The van der Waals surface area contributed by atoms with Crippen LogP contribution in [0.25, 0.3) is 0 Å². The lowest BCUT2D eigenvalue weighted by atomic mass is 10.0. The quantitative estimate of drug-likeness (QED) is 0.567. The van der Waals surface area contributed by atoms with Crippen LogP contribution in [0.2, 0.25) is 0 Å². The summed E-state index contributed by atoms with van der Waals surface area (Å²) in [5.41, 5.74) is 1.27. The molecule has 1 aromatic carbocycles. The maximum absolute atomic E-state index is 12.0. The molecular weight excluding hydrogens is 320 g/mol. The van der Waals surface area contributed by atoms with E-state index in [2.05, 4.69) is 20.9 Å². The Bertz CT molecular complexity index is 579. The number of piperidine rings is 1. The van der Waals surface area contributed by atoms with E-state index in [1.165, 1.54) is 19.8 Å². The van der Waals surface area contributed by atoms with Crippen LogP contribution < -0.4 is 16.0 Å². The Balaban J connectivity index is 1.69. The molecule has 0 unspecified atom stereocenters. The van der Waals surface area contributed by atoms with Gasteiger partial charge in [0.2, 0.25) is 5.91 Å². The second-order valence-electron chi connectivity index (χ2n) is 6.36. The first kappa shape index (κ1) is 19.2. The van der Waals surface area contributed by atoms with Gasteiger partial charge in [0, 0.05) is 37.4 Å². The summed E-state index contributed by atoms with van der Waals surface area (Å²) in [6, 6.07) is 7.01. The molecule has 0 aromatic heterocycles. The Morgan fingerprint density at radius 1 is 1.24 bits per heavy atom. The van der Waals surface area contributed by atoms with Crippen LogP contribution >= 0.6 is 0 Å². The number of carbonyl (C=O) groups excluding carboxylic acids is 2. The molecule has 4 N–H and O–H groups in total. The van der Waals surface area contributed by atoms with E-state index in [4.69, 9.17) is 0 Å². The maximum Gasteiger partial charge on any atom is 0.319 e. The molecule has 7 heteroatoms. The third-order valence-corrected chi connectivity index (χ3v) is 4.31. The van der Waals surface area contributed by atoms with Gasteiger partial charge < -0.3 is 21.1 Å². The first-order valence-corrected chi connectivity index (χ1v) is 8.86. The van der Waals surface area contributed by atoms with E-state index in [0.29, 0.717) is 17.9 Å². The van der Waals surface area contributed by atoms with Crippen LogP contribution in [0.15, 0.2) is 24.3 Å². The molecule has 1 heterocycles. The van der Waals surface area contributed by atoms with Crippen molar-refractivity contribution in [1.29, 1.82) is 0 Å². The van der Waals surface area contributed by atoms with E-state index in [-0.39, 0.29) is 24.6 Å². The van der Waals surface area contributed by atoms with Crippen LogP contribution in [-0.4, -0.2) is 54.2 Å². The highest BCUT2D eigenvalue weighted by atomic mass is 16.3. The first-order valence-electron chi connectivity index (χ1n) is 8.86. The number of anilines is 2. The number of urea groups is 1. The van der Waals surface area contributed by atoms with Crippen molar-refractivity contribution in [2.45, 2.75) is 38.6 Å². The predicted octanol–water partition coefficient (Wildman–Crippen LogP) is 2.00. The fourth-order valence-electron chi connectivity index (χ4n) is 3.10. The standard InChI is InChI=1S/C18H28N4O3/c1-14(24)20-15-6-4-7-16(12-15)21-18(25)19-9-5-11-22-10-3-2-8-17(22)13-23/h4,6-7,12,17,23H,2-3,5,8-11,13H2,1H3,(H,20,24)(H2,19,21,25)/t17-/m0/s1. The van der Waals surface area contributed by atoms with Gasteiger partial charge in [0.05, 0.1) is 6.61 Å². The molecule has 2 rings (SSSR count).